The van der Waals surface area contributed by atoms with Gasteiger partial charge in [0, 0.05) is 6.20 Å². The third kappa shape index (κ3) is 4.29. The smallest absolute Gasteiger partial charge is 0.407 e. The number of aromatic carboxylic acids is 1. The molecule has 9 nitrogen and oxygen atoms in total. The van der Waals surface area contributed by atoms with Crippen molar-refractivity contribution in [2.45, 2.75) is 13.5 Å². The molecule has 1 amide bonds. The minimum atomic E-state index is -1.45. The molecule has 0 atom stereocenters. The van der Waals surface area contributed by atoms with Crippen molar-refractivity contribution in [2.75, 3.05) is 7.11 Å². The zero-order valence-electron chi connectivity index (χ0n) is 15.3. The molecule has 150 valence electrons. The fourth-order valence-electron chi connectivity index (χ4n) is 2.50. The first-order chi connectivity index (χ1) is 13.8. The van der Waals surface area contributed by atoms with Crippen molar-refractivity contribution < 1.29 is 28.9 Å². The first kappa shape index (κ1) is 20.1. The Balaban J connectivity index is 1.95. The summed E-state index contributed by atoms with van der Waals surface area (Å²) in [5.41, 5.74) is 0.439. The summed E-state index contributed by atoms with van der Waals surface area (Å²) in [5.74, 6) is -2.93. The van der Waals surface area contributed by atoms with Gasteiger partial charge in [0.05, 0.1) is 35.5 Å². The number of aryl methyl sites for hydroxylation is 1. The van der Waals surface area contributed by atoms with Crippen molar-refractivity contribution in [3.8, 4) is 27.7 Å². The highest BCUT2D eigenvalue weighted by Gasteiger charge is 2.19. The van der Waals surface area contributed by atoms with Gasteiger partial charge in [0.25, 0.3) is 0 Å². The van der Waals surface area contributed by atoms with Crippen LogP contribution in [0.5, 0.6) is 5.75 Å². The molecule has 3 N–H and O–H groups in total. The van der Waals surface area contributed by atoms with E-state index in [1.807, 2.05) is 0 Å². The molecule has 0 bridgehead atoms. The van der Waals surface area contributed by atoms with E-state index >= 15 is 0 Å². The molecule has 3 aromatic rings. The molecule has 11 heteroatoms. The fraction of sp³-hybridized carbons (Fsp3) is 0.167. The summed E-state index contributed by atoms with van der Waals surface area (Å²) in [6.45, 7) is 1.94. The van der Waals surface area contributed by atoms with Gasteiger partial charge in [-0.05, 0) is 25.1 Å². The molecule has 2 heterocycles. The molecular formula is C18H15FN4O5S. The number of halogens is 1. The molecule has 0 aliphatic heterocycles. The molecule has 0 saturated heterocycles. The molecule has 3 rings (SSSR count). The second-order valence-electron chi connectivity index (χ2n) is 5.79. The minimum Gasteiger partial charge on any atom is -0.507 e. The number of methoxy groups -OCH3 is 1. The van der Waals surface area contributed by atoms with Crippen LogP contribution in [0, 0.1) is 12.7 Å². The molecule has 2 aromatic heterocycles. The van der Waals surface area contributed by atoms with Crippen LogP contribution in [-0.4, -0.2) is 44.3 Å². The second kappa shape index (κ2) is 8.19. The summed E-state index contributed by atoms with van der Waals surface area (Å²) >= 11 is 1.29. The SMILES string of the molecule is COC(=O)NCc1nc(C)c(-c2ccnc(-c3cc(O)c(C(=O)O)cc3F)n2)s1. The van der Waals surface area contributed by atoms with Crippen molar-refractivity contribution in [2.24, 2.45) is 0 Å². The van der Waals surface area contributed by atoms with Crippen LogP contribution in [0.4, 0.5) is 9.18 Å². The summed E-state index contributed by atoms with van der Waals surface area (Å²) < 4.78 is 18.9. The Morgan fingerprint density at radius 3 is 2.76 bits per heavy atom. The number of aromatic nitrogens is 3. The lowest BCUT2D eigenvalue weighted by Crippen LogP contribution is -2.22. The van der Waals surface area contributed by atoms with Crippen LogP contribution in [0.1, 0.15) is 21.1 Å². The summed E-state index contributed by atoms with van der Waals surface area (Å²) in [4.78, 5) is 35.6. The monoisotopic (exact) mass is 418 g/mol. The van der Waals surface area contributed by atoms with Crippen LogP contribution in [0.25, 0.3) is 22.0 Å². The van der Waals surface area contributed by atoms with Gasteiger partial charge in [-0.25, -0.2) is 28.9 Å². The van der Waals surface area contributed by atoms with Crippen LogP contribution >= 0.6 is 11.3 Å². The quantitative estimate of drug-likeness (QED) is 0.576. The van der Waals surface area contributed by atoms with E-state index in [0.29, 0.717) is 21.3 Å². The topological polar surface area (TPSA) is 135 Å². The molecule has 0 spiro atoms. The number of rotatable bonds is 5. The van der Waals surface area contributed by atoms with Gasteiger partial charge >= 0.3 is 12.1 Å². The lowest BCUT2D eigenvalue weighted by atomic mass is 10.1. The van der Waals surface area contributed by atoms with Crippen LogP contribution < -0.4 is 5.32 Å². The van der Waals surface area contributed by atoms with Gasteiger partial charge in [-0.3, -0.25) is 0 Å². The Labute approximate surface area is 167 Å². The van der Waals surface area contributed by atoms with Crippen molar-refractivity contribution in [3.63, 3.8) is 0 Å². The van der Waals surface area contributed by atoms with E-state index in [-0.39, 0.29) is 17.9 Å². The standard InChI is InChI=1S/C18H15FN4O5S/c1-8-15(29-14(22-8)7-21-18(27)28-2)12-3-4-20-16(23-12)9-6-13(24)10(17(25)26)5-11(9)19/h3-6,24H,7H2,1-2H3,(H,21,27)(H,25,26). The number of phenols is 1. The molecular weight excluding hydrogens is 403 g/mol. The van der Waals surface area contributed by atoms with Gasteiger partial charge in [0.1, 0.15) is 22.1 Å². The van der Waals surface area contributed by atoms with Crippen molar-refractivity contribution in [1.82, 2.24) is 20.3 Å². The van der Waals surface area contributed by atoms with Crippen molar-refractivity contribution in [3.05, 3.63) is 46.5 Å². The number of carbonyl (C=O) groups is 2. The van der Waals surface area contributed by atoms with E-state index in [9.17, 15) is 19.1 Å². The van der Waals surface area contributed by atoms with Crippen molar-refractivity contribution >= 4 is 23.4 Å². The lowest BCUT2D eigenvalue weighted by molar-refractivity contribution is 0.0693. The van der Waals surface area contributed by atoms with Crippen LogP contribution in [-0.2, 0) is 11.3 Å². The Bertz CT molecular complexity index is 1100. The maximum atomic E-state index is 14.4. The first-order valence-corrected chi connectivity index (χ1v) is 8.99. The van der Waals surface area contributed by atoms with E-state index < -0.39 is 29.2 Å². The van der Waals surface area contributed by atoms with Gasteiger partial charge < -0.3 is 20.3 Å². The van der Waals surface area contributed by atoms with Gasteiger partial charge in [-0.15, -0.1) is 11.3 Å². The largest absolute Gasteiger partial charge is 0.507 e. The molecule has 0 aliphatic rings. The Kier molecular flexibility index (Phi) is 5.69. The minimum absolute atomic E-state index is 0.0192. The third-order valence-electron chi connectivity index (χ3n) is 3.86. The van der Waals surface area contributed by atoms with Crippen LogP contribution in [0.2, 0.25) is 0 Å². The van der Waals surface area contributed by atoms with Gasteiger partial charge in [0.2, 0.25) is 0 Å². The molecule has 0 aliphatic carbocycles. The Hall–Kier alpha value is -3.60. The second-order valence-corrected chi connectivity index (χ2v) is 6.87. The maximum absolute atomic E-state index is 14.4. The summed E-state index contributed by atoms with van der Waals surface area (Å²) in [6, 6.07) is 3.31. The van der Waals surface area contributed by atoms with Crippen LogP contribution in [0.3, 0.4) is 0 Å². The van der Waals surface area contributed by atoms with Gasteiger partial charge in [-0.1, -0.05) is 0 Å². The number of nitrogens with zero attached hydrogens (tertiary/aromatic N) is 3. The van der Waals surface area contributed by atoms with E-state index in [1.54, 1.807) is 13.0 Å². The number of amides is 1. The summed E-state index contributed by atoms with van der Waals surface area (Å²) in [7, 11) is 1.26. The molecule has 1 aromatic carbocycles. The zero-order valence-corrected chi connectivity index (χ0v) is 16.1. The molecule has 0 radical (unpaired) electrons. The average Bonchev–Trinajstić information content (AvgIpc) is 3.08. The lowest BCUT2D eigenvalue weighted by Gasteiger charge is -2.07. The highest BCUT2D eigenvalue weighted by atomic mass is 32.1. The predicted molar refractivity (Wildman–Crippen MR) is 101 cm³/mol. The number of ether oxygens (including phenoxy) is 1. The average molecular weight is 418 g/mol. The molecule has 29 heavy (non-hydrogen) atoms. The number of aromatic hydroxyl groups is 1. The number of carboxylic acid groups (broad SMARTS) is 1. The maximum Gasteiger partial charge on any atom is 0.407 e. The van der Waals surface area contributed by atoms with Crippen molar-refractivity contribution in [1.29, 1.82) is 0 Å². The zero-order chi connectivity index (χ0) is 21.1. The summed E-state index contributed by atoms with van der Waals surface area (Å²) in [6.07, 6.45) is 0.842. The number of hydrogen-bond acceptors (Lipinski definition) is 8. The Morgan fingerprint density at radius 1 is 1.31 bits per heavy atom. The molecule has 0 fully saturated rings. The number of hydrogen-bond donors (Lipinski definition) is 3. The molecule has 0 saturated carbocycles. The van der Waals surface area contributed by atoms with Crippen LogP contribution in [0.15, 0.2) is 24.4 Å². The van der Waals surface area contributed by atoms with Gasteiger partial charge in [0.15, 0.2) is 5.82 Å². The number of alkyl carbamates (subject to hydrolysis) is 1. The summed E-state index contributed by atoms with van der Waals surface area (Å²) in [5, 5.41) is 22.0. The number of benzene rings is 1. The number of thiazole rings is 1. The number of carbonyl (C=O) groups excluding carboxylic acids is 1. The normalized spacial score (nSPS) is 10.6. The van der Waals surface area contributed by atoms with Gasteiger partial charge in [-0.2, -0.15) is 0 Å². The third-order valence-corrected chi connectivity index (χ3v) is 5.04. The first-order valence-electron chi connectivity index (χ1n) is 8.18. The number of nitrogens with one attached hydrogen (secondary N) is 1. The van der Waals surface area contributed by atoms with E-state index in [2.05, 4.69) is 25.0 Å². The highest BCUT2D eigenvalue weighted by molar-refractivity contribution is 7.15. The molecule has 0 unspecified atom stereocenters. The number of carboxylic acids is 1. The van der Waals surface area contributed by atoms with E-state index in [4.69, 9.17) is 5.11 Å². The highest BCUT2D eigenvalue weighted by Crippen LogP contribution is 2.32. The van der Waals surface area contributed by atoms with E-state index in [1.165, 1.54) is 24.6 Å². The predicted octanol–water partition coefficient (Wildman–Crippen LogP) is 2.97. The Morgan fingerprint density at radius 2 is 2.07 bits per heavy atom. The fourth-order valence-corrected chi connectivity index (χ4v) is 3.48. The van der Waals surface area contributed by atoms with E-state index in [0.717, 1.165) is 12.1 Å².